The molecule has 1 aromatic carbocycles. The van der Waals surface area contributed by atoms with Crippen molar-refractivity contribution in [2.75, 3.05) is 25.6 Å². The Kier molecular flexibility index (Phi) is 6.99. The molecule has 2 N–H and O–H groups in total. The van der Waals surface area contributed by atoms with Gasteiger partial charge in [-0.05, 0) is 31.5 Å². The summed E-state index contributed by atoms with van der Waals surface area (Å²) in [4.78, 5) is 11.8. The van der Waals surface area contributed by atoms with Crippen LogP contribution in [0.1, 0.15) is 13.3 Å². The first-order chi connectivity index (χ1) is 9.04. The molecule has 4 nitrogen and oxygen atoms in total. The van der Waals surface area contributed by atoms with Gasteiger partial charge in [0.15, 0.2) is 0 Å². The van der Waals surface area contributed by atoms with E-state index in [1.54, 1.807) is 32.2 Å². The average molecular weight is 305 g/mol. The van der Waals surface area contributed by atoms with Gasteiger partial charge < -0.3 is 15.4 Å². The summed E-state index contributed by atoms with van der Waals surface area (Å²) in [5, 5.41) is 6.83. The van der Waals surface area contributed by atoms with Gasteiger partial charge in [0, 0.05) is 25.9 Å². The molecule has 1 atom stereocenters. The Balaban J connectivity index is 2.42. The van der Waals surface area contributed by atoms with Crippen LogP contribution in [-0.4, -0.2) is 32.2 Å². The van der Waals surface area contributed by atoms with Crippen molar-refractivity contribution < 1.29 is 9.53 Å². The molecule has 0 bridgehead atoms. The normalized spacial score (nSPS) is 12.0. The summed E-state index contributed by atoms with van der Waals surface area (Å²) in [6.07, 6.45) is 0.793. The number of methoxy groups -OCH3 is 1. The molecule has 1 aromatic rings. The first kappa shape index (κ1) is 16.1. The van der Waals surface area contributed by atoms with Crippen molar-refractivity contribution in [1.29, 1.82) is 0 Å². The highest BCUT2D eigenvalue weighted by Gasteiger charge is 2.12. The van der Waals surface area contributed by atoms with E-state index in [0.29, 0.717) is 23.2 Å². The van der Waals surface area contributed by atoms with E-state index in [1.807, 2.05) is 0 Å². The van der Waals surface area contributed by atoms with Crippen LogP contribution in [0.3, 0.4) is 0 Å². The minimum atomic E-state index is -0.347. The second kappa shape index (κ2) is 8.25. The van der Waals surface area contributed by atoms with Crippen LogP contribution < -0.4 is 10.6 Å². The number of hydrogen-bond donors (Lipinski definition) is 2. The average Bonchev–Trinajstić information content (AvgIpc) is 2.38. The molecule has 0 saturated heterocycles. The van der Waals surface area contributed by atoms with Crippen LogP contribution in [0.4, 0.5) is 5.69 Å². The number of anilines is 1. The van der Waals surface area contributed by atoms with E-state index in [4.69, 9.17) is 27.9 Å². The molecule has 106 valence electrons. The molecule has 1 amide bonds. The Morgan fingerprint density at radius 2 is 2.11 bits per heavy atom. The molecule has 6 heteroatoms. The minimum absolute atomic E-state index is 0.0674. The molecule has 0 heterocycles. The van der Waals surface area contributed by atoms with Crippen molar-refractivity contribution >= 4 is 34.8 Å². The Bertz CT molecular complexity index is 427. The van der Waals surface area contributed by atoms with E-state index in [1.165, 1.54) is 0 Å². The molecule has 0 spiro atoms. The van der Waals surface area contributed by atoms with Gasteiger partial charge in [0.25, 0.3) is 0 Å². The molecule has 0 aromatic heterocycles. The van der Waals surface area contributed by atoms with Crippen molar-refractivity contribution in [2.24, 2.45) is 0 Å². The molecular weight excluding hydrogens is 287 g/mol. The number of carbonyl (C=O) groups excluding carboxylic acids is 1. The van der Waals surface area contributed by atoms with Gasteiger partial charge in [-0.15, -0.1) is 0 Å². The van der Waals surface area contributed by atoms with Crippen LogP contribution in [0, 0.1) is 0 Å². The van der Waals surface area contributed by atoms with Gasteiger partial charge in [-0.1, -0.05) is 23.2 Å². The maximum Gasteiger partial charge on any atom is 0.242 e. The predicted molar refractivity (Wildman–Crippen MR) is 79.0 cm³/mol. The van der Waals surface area contributed by atoms with Gasteiger partial charge >= 0.3 is 0 Å². The Hall–Kier alpha value is -0.970. The van der Waals surface area contributed by atoms with E-state index in [-0.39, 0.29) is 11.9 Å². The summed E-state index contributed by atoms with van der Waals surface area (Å²) in [7, 11) is 1.64. The van der Waals surface area contributed by atoms with Gasteiger partial charge in [0.1, 0.15) is 6.04 Å². The summed E-state index contributed by atoms with van der Waals surface area (Å²) in [6.45, 7) is 3.02. The zero-order valence-corrected chi connectivity index (χ0v) is 12.5. The maximum atomic E-state index is 11.8. The third kappa shape index (κ3) is 5.68. The van der Waals surface area contributed by atoms with Crippen molar-refractivity contribution in [3.8, 4) is 0 Å². The van der Waals surface area contributed by atoms with E-state index in [9.17, 15) is 4.79 Å². The van der Waals surface area contributed by atoms with Crippen LogP contribution in [0.5, 0.6) is 0 Å². The fourth-order valence-electron chi connectivity index (χ4n) is 1.48. The Morgan fingerprint density at radius 1 is 1.37 bits per heavy atom. The van der Waals surface area contributed by atoms with Crippen molar-refractivity contribution in [3.05, 3.63) is 28.2 Å². The van der Waals surface area contributed by atoms with Crippen LogP contribution in [0.15, 0.2) is 18.2 Å². The topological polar surface area (TPSA) is 50.4 Å². The summed E-state index contributed by atoms with van der Waals surface area (Å²) >= 11 is 11.7. The third-order valence-electron chi connectivity index (χ3n) is 2.52. The molecule has 0 aliphatic rings. The lowest BCUT2D eigenvalue weighted by Gasteiger charge is -2.15. The Morgan fingerprint density at radius 3 is 2.74 bits per heavy atom. The lowest BCUT2D eigenvalue weighted by atomic mass is 10.2. The number of nitrogens with one attached hydrogen (secondary N) is 2. The van der Waals surface area contributed by atoms with Crippen molar-refractivity contribution in [2.45, 2.75) is 19.4 Å². The summed E-state index contributed by atoms with van der Waals surface area (Å²) in [5.74, 6) is -0.0674. The van der Waals surface area contributed by atoms with Gasteiger partial charge in [-0.3, -0.25) is 4.79 Å². The van der Waals surface area contributed by atoms with Gasteiger partial charge in [-0.25, -0.2) is 0 Å². The zero-order valence-electron chi connectivity index (χ0n) is 11.0. The Labute approximate surface area is 123 Å². The number of carbonyl (C=O) groups is 1. The standard InChI is InChI=1S/C13H18Cl2N2O2/c1-9(13(18)16-6-3-7-19-2)17-10-4-5-11(14)12(15)8-10/h4-5,8-9,17H,3,6-7H2,1-2H3,(H,16,18). The molecular formula is C13H18Cl2N2O2. The number of rotatable bonds is 7. The third-order valence-corrected chi connectivity index (χ3v) is 3.26. The highest BCUT2D eigenvalue weighted by Crippen LogP contribution is 2.25. The molecule has 0 radical (unpaired) electrons. The van der Waals surface area contributed by atoms with E-state index >= 15 is 0 Å². The summed E-state index contributed by atoms with van der Waals surface area (Å²) in [5.41, 5.74) is 0.758. The van der Waals surface area contributed by atoms with Crippen LogP contribution >= 0.6 is 23.2 Å². The molecule has 0 fully saturated rings. The lowest BCUT2D eigenvalue weighted by molar-refractivity contribution is -0.121. The predicted octanol–water partition coefficient (Wildman–Crippen LogP) is 2.95. The zero-order chi connectivity index (χ0) is 14.3. The largest absolute Gasteiger partial charge is 0.385 e. The first-order valence-electron chi connectivity index (χ1n) is 6.03. The highest BCUT2D eigenvalue weighted by molar-refractivity contribution is 6.42. The van der Waals surface area contributed by atoms with Crippen molar-refractivity contribution in [3.63, 3.8) is 0 Å². The summed E-state index contributed by atoms with van der Waals surface area (Å²) in [6, 6.07) is 4.82. The molecule has 0 aliphatic heterocycles. The molecule has 19 heavy (non-hydrogen) atoms. The quantitative estimate of drug-likeness (QED) is 0.762. The number of ether oxygens (including phenoxy) is 1. The van der Waals surface area contributed by atoms with Crippen molar-refractivity contribution in [1.82, 2.24) is 5.32 Å². The first-order valence-corrected chi connectivity index (χ1v) is 6.78. The smallest absolute Gasteiger partial charge is 0.242 e. The molecule has 0 saturated carbocycles. The van der Waals surface area contributed by atoms with Crippen LogP contribution in [0.2, 0.25) is 10.0 Å². The minimum Gasteiger partial charge on any atom is -0.385 e. The van der Waals surface area contributed by atoms with E-state index in [2.05, 4.69) is 10.6 Å². The van der Waals surface area contributed by atoms with Gasteiger partial charge in [0.05, 0.1) is 10.0 Å². The van der Waals surface area contributed by atoms with Crippen LogP contribution in [-0.2, 0) is 9.53 Å². The number of hydrogen-bond acceptors (Lipinski definition) is 3. The van der Waals surface area contributed by atoms with E-state index in [0.717, 1.165) is 12.1 Å². The van der Waals surface area contributed by atoms with Crippen LogP contribution in [0.25, 0.3) is 0 Å². The molecule has 1 unspecified atom stereocenters. The second-order valence-electron chi connectivity index (χ2n) is 4.13. The van der Waals surface area contributed by atoms with Gasteiger partial charge in [-0.2, -0.15) is 0 Å². The fourth-order valence-corrected chi connectivity index (χ4v) is 1.78. The maximum absolute atomic E-state index is 11.8. The highest BCUT2D eigenvalue weighted by atomic mass is 35.5. The van der Waals surface area contributed by atoms with E-state index < -0.39 is 0 Å². The van der Waals surface area contributed by atoms with Gasteiger partial charge in [0.2, 0.25) is 5.91 Å². The second-order valence-corrected chi connectivity index (χ2v) is 4.95. The molecule has 0 aliphatic carbocycles. The molecule has 1 rings (SSSR count). The SMILES string of the molecule is COCCCNC(=O)C(C)Nc1ccc(Cl)c(Cl)c1. The summed E-state index contributed by atoms with van der Waals surface area (Å²) < 4.78 is 4.91. The monoisotopic (exact) mass is 304 g/mol. The number of benzene rings is 1. The fraction of sp³-hybridized carbons (Fsp3) is 0.462. The number of halogens is 2. The lowest BCUT2D eigenvalue weighted by Crippen LogP contribution is -2.38. The number of amides is 1.